The first-order chi connectivity index (χ1) is 9.63. The monoisotopic (exact) mass is 276 g/mol. The van der Waals surface area contributed by atoms with Gasteiger partial charge in [0.15, 0.2) is 0 Å². The minimum Gasteiger partial charge on any atom is -0.383 e. The number of aromatic amines is 1. The molecule has 8 heteroatoms. The molecule has 8 nitrogen and oxygen atoms in total. The lowest BCUT2D eigenvalue weighted by Crippen LogP contribution is -2.34. The molecule has 0 saturated heterocycles. The molecule has 0 aliphatic heterocycles. The summed E-state index contributed by atoms with van der Waals surface area (Å²) in [6.07, 6.45) is 2.30. The Balaban J connectivity index is 2.30. The number of aromatic nitrogens is 4. The molecule has 0 aliphatic carbocycles. The highest BCUT2D eigenvalue weighted by Gasteiger charge is 2.11. The summed E-state index contributed by atoms with van der Waals surface area (Å²) in [7, 11) is 0. The van der Waals surface area contributed by atoms with Gasteiger partial charge in [-0.1, -0.05) is 6.92 Å². The third kappa shape index (κ3) is 2.85. The Hall–Kier alpha value is -2.64. The van der Waals surface area contributed by atoms with E-state index in [0.29, 0.717) is 18.8 Å². The molecule has 0 spiro atoms. The van der Waals surface area contributed by atoms with Gasteiger partial charge >= 0.3 is 5.69 Å². The summed E-state index contributed by atoms with van der Waals surface area (Å²) in [4.78, 5) is 25.7. The molecule has 0 amide bonds. The van der Waals surface area contributed by atoms with Crippen molar-refractivity contribution in [2.45, 2.75) is 26.4 Å². The molecule has 2 rings (SSSR count). The van der Waals surface area contributed by atoms with Crippen LogP contribution in [0.1, 0.15) is 19.0 Å². The van der Waals surface area contributed by atoms with Gasteiger partial charge in [-0.05, 0) is 18.6 Å². The predicted molar refractivity (Wildman–Crippen MR) is 75.4 cm³/mol. The van der Waals surface area contributed by atoms with Gasteiger partial charge < -0.3 is 11.1 Å². The van der Waals surface area contributed by atoms with Crippen molar-refractivity contribution in [3.63, 3.8) is 0 Å². The van der Waals surface area contributed by atoms with Crippen molar-refractivity contribution in [1.29, 1.82) is 0 Å². The van der Waals surface area contributed by atoms with Gasteiger partial charge in [-0.2, -0.15) is 10.2 Å². The first-order valence-corrected chi connectivity index (χ1v) is 6.26. The molecular weight excluding hydrogens is 260 g/mol. The van der Waals surface area contributed by atoms with E-state index in [-0.39, 0.29) is 11.5 Å². The van der Waals surface area contributed by atoms with E-state index < -0.39 is 11.2 Å². The van der Waals surface area contributed by atoms with E-state index in [1.165, 1.54) is 4.57 Å². The van der Waals surface area contributed by atoms with Crippen molar-refractivity contribution >= 4 is 11.5 Å². The average Bonchev–Trinajstić information content (AvgIpc) is 2.44. The van der Waals surface area contributed by atoms with Crippen molar-refractivity contribution in [3.8, 4) is 0 Å². The SMILES string of the molecule is CCCn1c(N)c(NCc2cccnn2)c(=O)[nH]c1=O. The summed E-state index contributed by atoms with van der Waals surface area (Å²) >= 11 is 0. The smallest absolute Gasteiger partial charge is 0.330 e. The van der Waals surface area contributed by atoms with Crippen LogP contribution in [-0.4, -0.2) is 19.7 Å². The van der Waals surface area contributed by atoms with Crippen LogP contribution in [0.5, 0.6) is 0 Å². The molecule has 2 aromatic heterocycles. The highest BCUT2D eigenvalue weighted by Crippen LogP contribution is 2.11. The molecule has 0 aliphatic rings. The van der Waals surface area contributed by atoms with Gasteiger partial charge in [0.2, 0.25) is 0 Å². The standard InChI is InChI=1S/C12H16N6O2/c1-2-6-18-10(13)9(11(19)16-12(18)20)14-7-8-4-3-5-15-17-8/h3-5,14H,2,6-7,13H2,1H3,(H,16,19,20). The lowest BCUT2D eigenvalue weighted by molar-refractivity contribution is 0.642. The Morgan fingerprint density at radius 1 is 1.45 bits per heavy atom. The van der Waals surface area contributed by atoms with Crippen molar-refractivity contribution in [3.05, 3.63) is 44.9 Å². The molecule has 0 fully saturated rings. The molecule has 106 valence electrons. The van der Waals surface area contributed by atoms with E-state index in [1.807, 2.05) is 6.92 Å². The first kappa shape index (κ1) is 13.8. The molecule has 0 radical (unpaired) electrons. The van der Waals surface area contributed by atoms with Gasteiger partial charge in [0.1, 0.15) is 11.5 Å². The van der Waals surface area contributed by atoms with E-state index in [9.17, 15) is 9.59 Å². The minimum absolute atomic E-state index is 0.129. The zero-order valence-electron chi connectivity index (χ0n) is 11.1. The second-order valence-electron chi connectivity index (χ2n) is 4.24. The van der Waals surface area contributed by atoms with Gasteiger partial charge in [0.25, 0.3) is 5.56 Å². The second-order valence-corrected chi connectivity index (χ2v) is 4.24. The molecule has 4 N–H and O–H groups in total. The summed E-state index contributed by atoms with van der Waals surface area (Å²) in [6, 6.07) is 3.52. The Kier molecular flexibility index (Phi) is 4.14. The molecule has 20 heavy (non-hydrogen) atoms. The molecule has 0 atom stereocenters. The summed E-state index contributed by atoms with van der Waals surface area (Å²) in [5.41, 5.74) is 5.68. The number of H-pyrrole nitrogens is 1. The number of rotatable bonds is 5. The lowest BCUT2D eigenvalue weighted by atomic mass is 10.3. The number of nitrogens with zero attached hydrogens (tertiary/aromatic N) is 3. The number of nitrogen functional groups attached to an aromatic ring is 1. The van der Waals surface area contributed by atoms with E-state index in [4.69, 9.17) is 5.73 Å². The molecule has 2 aromatic rings. The topological polar surface area (TPSA) is 119 Å². The van der Waals surface area contributed by atoms with Crippen LogP contribution < -0.4 is 22.3 Å². The van der Waals surface area contributed by atoms with Gasteiger partial charge in [0.05, 0.1) is 12.2 Å². The number of nitrogens with two attached hydrogens (primary N) is 1. The van der Waals surface area contributed by atoms with Gasteiger partial charge in [-0.15, -0.1) is 0 Å². The third-order valence-corrected chi connectivity index (χ3v) is 2.76. The fourth-order valence-corrected chi connectivity index (χ4v) is 1.81. The van der Waals surface area contributed by atoms with Crippen LogP contribution in [0, 0.1) is 0 Å². The lowest BCUT2D eigenvalue weighted by Gasteiger charge is -2.12. The van der Waals surface area contributed by atoms with E-state index >= 15 is 0 Å². The maximum absolute atomic E-state index is 11.8. The van der Waals surface area contributed by atoms with Crippen molar-refractivity contribution in [1.82, 2.24) is 19.7 Å². The largest absolute Gasteiger partial charge is 0.383 e. The normalized spacial score (nSPS) is 10.4. The van der Waals surface area contributed by atoms with Crippen molar-refractivity contribution < 1.29 is 0 Å². The fraction of sp³-hybridized carbons (Fsp3) is 0.333. The summed E-state index contributed by atoms with van der Waals surface area (Å²) in [6.45, 7) is 2.66. The highest BCUT2D eigenvalue weighted by atomic mass is 16.2. The molecule has 0 bridgehead atoms. The molecule has 0 aromatic carbocycles. The quantitative estimate of drug-likeness (QED) is 0.703. The van der Waals surface area contributed by atoms with Crippen LogP contribution in [0.2, 0.25) is 0 Å². The highest BCUT2D eigenvalue weighted by molar-refractivity contribution is 5.60. The fourth-order valence-electron chi connectivity index (χ4n) is 1.81. The van der Waals surface area contributed by atoms with Crippen LogP contribution in [0.25, 0.3) is 0 Å². The maximum atomic E-state index is 11.8. The zero-order valence-corrected chi connectivity index (χ0v) is 11.1. The van der Waals surface area contributed by atoms with Crippen LogP contribution in [0.4, 0.5) is 11.5 Å². The summed E-state index contributed by atoms with van der Waals surface area (Å²) in [5.74, 6) is 0.129. The van der Waals surface area contributed by atoms with Crippen LogP contribution in [-0.2, 0) is 13.1 Å². The van der Waals surface area contributed by atoms with Crippen LogP contribution >= 0.6 is 0 Å². The molecule has 2 heterocycles. The molecule has 0 saturated carbocycles. The minimum atomic E-state index is -0.538. The number of anilines is 2. The molecule has 0 unspecified atom stereocenters. The predicted octanol–water partition coefficient (Wildman–Crippen LogP) is -0.0691. The molecular formula is C12H16N6O2. The second kappa shape index (κ2) is 6.00. The van der Waals surface area contributed by atoms with Crippen molar-refractivity contribution in [2.75, 3.05) is 11.1 Å². The Morgan fingerprint density at radius 3 is 2.90 bits per heavy atom. The number of hydrogen-bond donors (Lipinski definition) is 3. The van der Waals surface area contributed by atoms with Crippen LogP contribution in [0.15, 0.2) is 27.9 Å². The number of nitrogens with one attached hydrogen (secondary N) is 2. The average molecular weight is 276 g/mol. The number of hydrogen-bond acceptors (Lipinski definition) is 6. The van der Waals surface area contributed by atoms with E-state index in [0.717, 1.165) is 6.42 Å². The Morgan fingerprint density at radius 2 is 2.25 bits per heavy atom. The van der Waals surface area contributed by atoms with Gasteiger partial charge in [-0.3, -0.25) is 14.3 Å². The van der Waals surface area contributed by atoms with E-state index in [2.05, 4.69) is 20.5 Å². The Labute approximate surface area is 114 Å². The van der Waals surface area contributed by atoms with E-state index in [1.54, 1.807) is 18.3 Å². The third-order valence-electron chi connectivity index (χ3n) is 2.76. The summed E-state index contributed by atoms with van der Waals surface area (Å²) in [5, 5.41) is 10.5. The van der Waals surface area contributed by atoms with Crippen molar-refractivity contribution in [2.24, 2.45) is 0 Å². The first-order valence-electron chi connectivity index (χ1n) is 6.26. The Bertz CT molecular complexity index is 691. The zero-order chi connectivity index (χ0) is 14.5. The van der Waals surface area contributed by atoms with Crippen LogP contribution in [0.3, 0.4) is 0 Å². The van der Waals surface area contributed by atoms with Gasteiger partial charge in [0, 0.05) is 12.7 Å². The summed E-state index contributed by atoms with van der Waals surface area (Å²) < 4.78 is 1.33. The van der Waals surface area contributed by atoms with Gasteiger partial charge in [-0.25, -0.2) is 4.79 Å². The maximum Gasteiger partial charge on any atom is 0.330 e.